The highest BCUT2D eigenvalue weighted by Crippen LogP contribution is 2.42. The molecule has 5 heterocycles. The van der Waals surface area contributed by atoms with Gasteiger partial charge in [0.1, 0.15) is 11.5 Å². The summed E-state index contributed by atoms with van der Waals surface area (Å²) in [4.78, 5) is 38.4. The number of benzene rings is 2. The molecule has 2 unspecified atom stereocenters. The number of aromatic nitrogens is 3. The van der Waals surface area contributed by atoms with Crippen molar-refractivity contribution in [3.8, 4) is 39.4 Å². The maximum atomic E-state index is 13.2. The fraction of sp³-hybridized carbons (Fsp3) is 0.250. The number of nitrogens with one attached hydrogen (secondary N) is 3. The van der Waals surface area contributed by atoms with Gasteiger partial charge in [-0.3, -0.25) is 19.0 Å². The average molecular weight is 699 g/mol. The highest BCUT2D eigenvalue weighted by atomic mass is 35.5. The van der Waals surface area contributed by atoms with E-state index in [-0.39, 0.29) is 17.5 Å². The summed E-state index contributed by atoms with van der Waals surface area (Å²) in [5.74, 6) is 1.06. The van der Waals surface area contributed by atoms with E-state index in [1.54, 1.807) is 19.5 Å². The number of amidine groups is 1. The first-order chi connectivity index (χ1) is 23.8. The molecule has 0 spiro atoms. The van der Waals surface area contributed by atoms with Crippen molar-refractivity contribution in [1.29, 1.82) is 0 Å². The fourth-order valence-electron chi connectivity index (χ4n) is 6.15. The molecule has 1 saturated heterocycles. The number of amides is 1. The number of nitrogens with zero attached hydrogens (tertiary/aromatic N) is 4. The molecule has 1 fully saturated rings. The van der Waals surface area contributed by atoms with E-state index in [9.17, 15) is 14.7 Å². The van der Waals surface area contributed by atoms with Gasteiger partial charge in [-0.15, -0.1) is 0 Å². The molecule has 2 aromatic carbocycles. The number of aliphatic imine (C=N–C) groups is 1. The number of aliphatic hydroxyl groups excluding tert-OH is 1. The van der Waals surface area contributed by atoms with E-state index in [2.05, 4.69) is 25.9 Å². The molecular formula is C36H33Cl2N7O4. The molecule has 2 atom stereocenters. The third-order valence-electron chi connectivity index (χ3n) is 8.72. The van der Waals surface area contributed by atoms with Crippen molar-refractivity contribution in [3.63, 3.8) is 0 Å². The number of aliphatic hydroxyl groups is 1. The van der Waals surface area contributed by atoms with Gasteiger partial charge in [-0.05, 0) is 36.2 Å². The van der Waals surface area contributed by atoms with Crippen molar-refractivity contribution >= 4 is 40.6 Å². The first-order valence-corrected chi connectivity index (χ1v) is 16.7. The largest absolute Gasteiger partial charge is 0.480 e. The van der Waals surface area contributed by atoms with Crippen LogP contribution in [0.5, 0.6) is 5.88 Å². The Balaban J connectivity index is 1.16. The third kappa shape index (κ3) is 6.62. The highest BCUT2D eigenvalue weighted by molar-refractivity contribution is 6.39. The van der Waals surface area contributed by atoms with E-state index < -0.39 is 6.10 Å². The number of hydrogen-bond acceptors (Lipinski definition) is 9. The van der Waals surface area contributed by atoms with Crippen LogP contribution in [0.25, 0.3) is 39.2 Å². The second kappa shape index (κ2) is 14.0. The lowest BCUT2D eigenvalue weighted by atomic mass is 9.97. The van der Waals surface area contributed by atoms with Crippen LogP contribution in [0.3, 0.4) is 0 Å². The summed E-state index contributed by atoms with van der Waals surface area (Å²) in [5, 5.41) is 20.1. The lowest BCUT2D eigenvalue weighted by Crippen LogP contribution is -2.39. The smallest absolute Gasteiger partial charge is 0.262 e. The van der Waals surface area contributed by atoms with E-state index in [0.29, 0.717) is 82.4 Å². The Morgan fingerprint density at radius 3 is 2.47 bits per heavy atom. The predicted molar refractivity (Wildman–Crippen MR) is 190 cm³/mol. The molecule has 3 aromatic heterocycles. The van der Waals surface area contributed by atoms with Crippen LogP contribution in [-0.2, 0) is 11.3 Å². The number of ether oxygens (including phenoxy) is 1. The van der Waals surface area contributed by atoms with Crippen LogP contribution in [0, 0.1) is 0 Å². The number of carbonyl (C=O) groups excluding carboxylic acids is 1. The molecule has 0 saturated carbocycles. The van der Waals surface area contributed by atoms with Gasteiger partial charge in [-0.2, -0.15) is 0 Å². The molecule has 49 heavy (non-hydrogen) atoms. The predicted octanol–water partition coefficient (Wildman–Crippen LogP) is 4.48. The van der Waals surface area contributed by atoms with Crippen LogP contribution < -0.4 is 26.2 Å². The average Bonchev–Trinajstić information content (AvgIpc) is 3.54. The summed E-state index contributed by atoms with van der Waals surface area (Å²) < 4.78 is 7.13. The van der Waals surface area contributed by atoms with Gasteiger partial charge in [-0.1, -0.05) is 59.6 Å². The van der Waals surface area contributed by atoms with Gasteiger partial charge >= 0.3 is 0 Å². The van der Waals surface area contributed by atoms with Crippen LogP contribution in [0.15, 0.2) is 82.8 Å². The molecule has 1 amide bonds. The van der Waals surface area contributed by atoms with Gasteiger partial charge in [0.25, 0.3) is 5.56 Å². The Bertz CT molecular complexity index is 2170. The van der Waals surface area contributed by atoms with Gasteiger partial charge in [0.15, 0.2) is 0 Å². The van der Waals surface area contributed by atoms with Crippen molar-refractivity contribution in [1.82, 2.24) is 30.3 Å². The monoisotopic (exact) mass is 697 g/mol. The standard InChI is InChI=1S/C36H33Cl2N7O4/c1-49-35-28(34-41-18-23(46)19-42-34)9-10-29(44-35)27-7-3-6-26(33(27)38)25-5-2-4-24(32(25)37)20-12-13-45-30(14-20)40-16-21(36(45)48)15-39-17-22-8-11-31(47)43-22/h2-7,9-10,12-14,16,22-23,39,46H,8,11,15,17-19H2,1H3,(H,41,42)(H,43,47). The van der Waals surface area contributed by atoms with Crippen molar-refractivity contribution in [2.45, 2.75) is 31.5 Å². The lowest BCUT2D eigenvalue weighted by molar-refractivity contribution is -0.119. The van der Waals surface area contributed by atoms with Crippen LogP contribution >= 0.6 is 23.2 Å². The van der Waals surface area contributed by atoms with Crippen LogP contribution in [-0.4, -0.2) is 70.1 Å². The van der Waals surface area contributed by atoms with Gasteiger partial charge in [0.05, 0.1) is 41.1 Å². The number of fused-ring (bicyclic) bond motifs is 1. The van der Waals surface area contributed by atoms with Crippen molar-refractivity contribution in [2.75, 3.05) is 26.7 Å². The summed E-state index contributed by atoms with van der Waals surface area (Å²) in [7, 11) is 1.55. The number of hydrogen-bond donors (Lipinski definition) is 4. The molecule has 0 radical (unpaired) electrons. The molecule has 11 nitrogen and oxygen atoms in total. The Morgan fingerprint density at radius 2 is 1.76 bits per heavy atom. The minimum Gasteiger partial charge on any atom is -0.480 e. The summed E-state index contributed by atoms with van der Waals surface area (Å²) in [6.07, 6.45) is 4.08. The van der Waals surface area contributed by atoms with Gasteiger partial charge < -0.3 is 25.8 Å². The van der Waals surface area contributed by atoms with E-state index in [0.717, 1.165) is 28.7 Å². The van der Waals surface area contributed by atoms with Crippen LogP contribution in [0.2, 0.25) is 10.0 Å². The molecule has 250 valence electrons. The van der Waals surface area contributed by atoms with E-state index in [4.69, 9.17) is 32.9 Å². The van der Waals surface area contributed by atoms with Gasteiger partial charge in [0, 0.05) is 72.3 Å². The van der Waals surface area contributed by atoms with Crippen molar-refractivity contribution < 1.29 is 14.6 Å². The molecule has 13 heteroatoms. The second-order valence-corrected chi connectivity index (χ2v) is 12.7. The zero-order valence-electron chi connectivity index (χ0n) is 26.5. The minimum atomic E-state index is -0.530. The Hall–Kier alpha value is -4.81. The fourth-order valence-corrected chi connectivity index (χ4v) is 6.81. The summed E-state index contributed by atoms with van der Waals surface area (Å²) in [6, 6.07) is 18.9. The Morgan fingerprint density at radius 1 is 1.00 bits per heavy atom. The van der Waals surface area contributed by atoms with Gasteiger partial charge in [0.2, 0.25) is 11.8 Å². The number of halogens is 2. The normalized spacial score (nSPS) is 17.5. The Labute approximate surface area is 292 Å². The van der Waals surface area contributed by atoms with E-state index in [1.807, 2.05) is 60.7 Å². The molecule has 0 bridgehead atoms. The zero-order valence-corrected chi connectivity index (χ0v) is 28.1. The summed E-state index contributed by atoms with van der Waals surface area (Å²) in [6.45, 7) is 1.64. The van der Waals surface area contributed by atoms with E-state index in [1.165, 1.54) is 4.40 Å². The van der Waals surface area contributed by atoms with Crippen LogP contribution in [0.4, 0.5) is 0 Å². The Kier molecular flexibility index (Phi) is 9.33. The number of rotatable bonds is 9. The molecule has 5 aromatic rings. The van der Waals surface area contributed by atoms with Crippen LogP contribution in [0.1, 0.15) is 24.0 Å². The van der Waals surface area contributed by atoms with E-state index >= 15 is 0 Å². The quantitative estimate of drug-likeness (QED) is 0.177. The lowest BCUT2D eigenvalue weighted by Gasteiger charge is -2.20. The molecule has 2 aliphatic rings. The number of β-amino-alcohol motifs (C(OH)–C–C–N with tert-alkyl or cyclic N) is 1. The molecule has 0 aliphatic carbocycles. The number of carbonyl (C=O) groups is 1. The minimum absolute atomic E-state index is 0.0594. The first-order valence-electron chi connectivity index (χ1n) is 15.9. The third-order valence-corrected chi connectivity index (χ3v) is 9.53. The second-order valence-electron chi connectivity index (χ2n) is 12.0. The van der Waals surface area contributed by atoms with Crippen molar-refractivity contribution in [3.05, 3.63) is 105 Å². The molecular weight excluding hydrogens is 665 g/mol. The highest BCUT2D eigenvalue weighted by Gasteiger charge is 2.22. The summed E-state index contributed by atoms with van der Waals surface area (Å²) >= 11 is 14.1. The van der Waals surface area contributed by atoms with Crippen molar-refractivity contribution in [2.24, 2.45) is 4.99 Å². The SMILES string of the molecule is COc1nc(-c2cccc(-c3cccc(-c4ccn5c(=O)c(CNCC6CCC(=O)N6)cnc5c4)c3Cl)c2Cl)ccc1C1=NCC(O)CN1. The molecule has 4 N–H and O–H groups in total. The zero-order chi connectivity index (χ0) is 34.1. The number of pyridine rings is 2. The maximum Gasteiger partial charge on any atom is 0.262 e. The molecule has 7 rings (SSSR count). The molecule has 2 aliphatic heterocycles. The maximum absolute atomic E-state index is 13.2. The van der Waals surface area contributed by atoms with Gasteiger partial charge in [-0.25, -0.2) is 9.97 Å². The topological polar surface area (TPSA) is 142 Å². The number of methoxy groups -OCH3 is 1. The summed E-state index contributed by atoms with van der Waals surface area (Å²) in [5.41, 5.74) is 5.88. The first kappa shape index (κ1) is 32.7.